The third kappa shape index (κ3) is 5.02. The number of nitrogens with one attached hydrogen (secondary N) is 1. The summed E-state index contributed by atoms with van der Waals surface area (Å²) in [6.07, 6.45) is 0.0740. The third-order valence-corrected chi connectivity index (χ3v) is 3.08. The first-order valence-corrected chi connectivity index (χ1v) is 6.96. The lowest BCUT2D eigenvalue weighted by Gasteiger charge is -2.24. The van der Waals surface area contributed by atoms with Gasteiger partial charge < -0.3 is 10.1 Å². The fourth-order valence-corrected chi connectivity index (χ4v) is 2.14. The summed E-state index contributed by atoms with van der Waals surface area (Å²) in [6.45, 7) is 4.87. The van der Waals surface area contributed by atoms with Gasteiger partial charge in [-0.2, -0.15) is 0 Å². The lowest BCUT2D eigenvalue weighted by molar-refractivity contribution is -0.131. The fraction of sp³-hybridized carbons (Fsp3) is 0.438. The highest BCUT2D eigenvalue weighted by atomic mass is 16.5. The first kappa shape index (κ1) is 16.9. The normalized spacial score (nSPS) is 11.8. The third-order valence-electron chi connectivity index (χ3n) is 3.08. The molecule has 0 saturated heterocycles. The van der Waals surface area contributed by atoms with Crippen molar-refractivity contribution in [1.29, 1.82) is 0 Å². The number of carbonyl (C=O) groups is 3. The molecule has 1 atom stereocenters. The summed E-state index contributed by atoms with van der Waals surface area (Å²) in [7, 11) is 0. The number of rotatable bonds is 7. The van der Waals surface area contributed by atoms with Gasteiger partial charge in [0.2, 0.25) is 0 Å². The van der Waals surface area contributed by atoms with Crippen LogP contribution in [-0.2, 0) is 14.3 Å². The van der Waals surface area contributed by atoms with Crippen molar-refractivity contribution in [1.82, 2.24) is 5.32 Å². The molecular weight excluding hydrogens is 270 g/mol. The zero-order valence-corrected chi connectivity index (χ0v) is 12.6. The van der Waals surface area contributed by atoms with E-state index in [4.69, 9.17) is 4.74 Å². The van der Waals surface area contributed by atoms with E-state index in [0.717, 1.165) is 0 Å². The molecule has 21 heavy (non-hydrogen) atoms. The molecule has 5 heteroatoms. The summed E-state index contributed by atoms with van der Waals surface area (Å²) in [6, 6.07) is 8.22. The standard InChI is InChI=1S/C16H21NO4/c1-4-10-21-16(20)17-15(13-8-6-5-7-9-13)14(11(2)18)12(3)19/h5-9,14-15H,4,10H2,1-3H3,(H,17,20)/t15-/m0/s1. The number of amides is 1. The predicted octanol–water partition coefficient (Wildman–Crippen LogP) is 2.66. The van der Waals surface area contributed by atoms with Crippen molar-refractivity contribution in [2.75, 3.05) is 6.61 Å². The van der Waals surface area contributed by atoms with E-state index >= 15 is 0 Å². The molecule has 1 N–H and O–H groups in total. The molecule has 114 valence electrons. The van der Waals surface area contributed by atoms with E-state index in [9.17, 15) is 14.4 Å². The zero-order valence-electron chi connectivity index (χ0n) is 12.6. The molecule has 0 unspecified atom stereocenters. The van der Waals surface area contributed by atoms with Gasteiger partial charge in [0.05, 0.1) is 12.6 Å². The second kappa shape index (κ2) is 8.19. The number of hydrogen-bond donors (Lipinski definition) is 1. The van der Waals surface area contributed by atoms with Gasteiger partial charge in [0.25, 0.3) is 0 Å². The number of hydrogen-bond acceptors (Lipinski definition) is 4. The number of ketones is 2. The Labute approximate surface area is 124 Å². The molecule has 0 spiro atoms. The summed E-state index contributed by atoms with van der Waals surface area (Å²) < 4.78 is 4.98. The molecule has 0 bridgehead atoms. The molecule has 1 aromatic rings. The lowest BCUT2D eigenvalue weighted by Crippen LogP contribution is -2.39. The van der Waals surface area contributed by atoms with Crippen LogP contribution in [0.25, 0.3) is 0 Å². The topological polar surface area (TPSA) is 72.5 Å². The van der Waals surface area contributed by atoms with Crippen LogP contribution in [-0.4, -0.2) is 24.3 Å². The van der Waals surface area contributed by atoms with Crippen molar-refractivity contribution in [2.24, 2.45) is 5.92 Å². The van der Waals surface area contributed by atoms with Crippen molar-refractivity contribution >= 4 is 17.7 Å². The van der Waals surface area contributed by atoms with Gasteiger partial charge in [-0.15, -0.1) is 0 Å². The Balaban J connectivity index is 3.02. The van der Waals surface area contributed by atoms with Gasteiger partial charge in [0, 0.05) is 0 Å². The number of alkyl carbamates (subject to hydrolysis) is 1. The van der Waals surface area contributed by atoms with Crippen LogP contribution in [0.3, 0.4) is 0 Å². The second-order valence-electron chi connectivity index (χ2n) is 4.87. The molecule has 0 aliphatic heterocycles. The smallest absolute Gasteiger partial charge is 0.407 e. The monoisotopic (exact) mass is 291 g/mol. The molecule has 0 aliphatic rings. The minimum Gasteiger partial charge on any atom is -0.450 e. The Hall–Kier alpha value is -2.17. The largest absolute Gasteiger partial charge is 0.450 e. The van der Waals surface area contributed by atoms with Gasteiger partial charge in [-0.05, 0) is 25.8 Å². The van der Waals surface area contributed by atoms with Crippen LogP contribution in [0.1, 0.15) is 38.8 Å². The van der Waals surface area contributed by atoms with E-state index in [0.29, 0.717) is 12.0 Å². The Morgan fingerprint density at radius 1 is 1.10 bits per heavy atom. The molecule has 0 aliphatic carbocycles. The lowest BCUT2D eigenvalue weighted by atomic mass is 9.87. The Bertz CT molecular complexity index is 484. The molecule has 1 amide bonds. The van der Waals surface area contributed by atoms with Crippen LogP contribution in [0.2, 0.25) is 0 Å². The van der Waals surface area contributed by atoms with E-state index in [2.05, 4.69) is 5.32 Å². The molecule has 0 fully saturated rings. The molecular formula is C16H21NO4. The van der Waals surface area contributed by atoms with Crippen LogP contribution < -0.4 is 5.32 Å². The zero-order chi connectivity index (χ0) is 15.8. The summed E-state index contributed by atoms with van der Waals surface area (Å²) in [5.74, 6) is -1.49. The first-order valence-electron chi connectivity index (χ1n) is 6.96. The maximum atomic E-state index is 11.8. The summed E-state index contributed by atoms with van der Waals surface area (Å²) in [4.78, 5) is 35.3. The van der Waals surface area contributed by atoms with Crippen LogP contribution in [0, 0.1) is 5.92 Å². The van der Waals surface area contributed by atoms with Crippen LogP contribution in [0.5, 0.6) is 0 Å². The number of ether oxygens (including phenoxy) is 1. The maximum Gasteiger partial charge on any atom is 0.407 e. The van der Waals surface area contributed by atoms with Crippen LogP contribution in [0.4, 0.5) is 4.79 Å². The minimum absolute atomic E-state index is 0.285. The summed E-state index contributed by atoms with van der Waals surface area (Å²) in [5.41, 5.74) is 0.696. The van der Waals surface area contributed by atoms with Gasteiger partial charge in [-0.1, -0.05) is 37.3 Å². The van der Waals surface area contributed by atoms with E-state index in [1.165, 1.54) is 13.8 Å². The summed E-state index contributed by atoms with van der Waals surface area (Å²) >= 11 is 0. The Morgan fingerprint density at radius 2 is 1.67 bits per heavy atom. The molecule has 0 aromatic heterocycles. The molecule has 0 heterocycles. The first-order chi connectivity index (χ1) is 9.97. The molecule has 1 rings (SSSR count). The van der Waals surface area contributed by atoms with Crippen molar-refractivity contribution < 1.29 is 19.1 Å². The van der Waals surface area contributed by atoms with Crippen molar-refractivity contribution in [3.8, 4) is 0 Å². The van der Waals surface area contributed by atoms with Gasteiger partial charge in [0.15, 0.2) is 0 Å². The quantitative estimate of drug-likeness (QED) is 0.784. The number of benzene rings is 1. The fourth-order valence-electron chi connectivity index (χ4n) is 2.14. The van der Waals surface area contributed by atoms with E-state index in [-0.39, 0.29) is 18.2 Å². The average Bonchev–Trinajstić information content (AvgIpc) is 2.44. The van der Waals surface area contributed by atoms with Gasteiger partial charge >= 0.3 is 6.09 Å². The highest BCUT2D eigenvalue weighted by Crippen LogP contribution is 2.24. The van der Waals surface area contributed by atoms with Gasteiger partial charge in [-0.3, -0.25) is 9.59 Å². The number of Topliss-reactive ketones (excluding diaryl/α,β-unsaturated/α-hetero) is 2. The predicted molar refractivity (Wildman–Crippen MR) is 78.8 cm³/mol. The average molecular weight is 291 g/mol. The molecule has 1 aromatic carbocycles. The van der Waals surface area contributed by atoms with Crippen molar-refractivity contribution in [3.05, 3.63) is 35.9 Å². The van der Waals surface area contributed by atoms with E-state index in [1.54, 1.807) is 24.3 Å². The maximum absolute atomic E-state index is 11.8. The minimum atomic E-state index is -0.915. The van der Waals surface area contributed by atoms with Crippen LogP contribution >= 0.6 is 0 Å². The van der Waals surface area contributed by atoms with Gasteiger partial charge in [-0.25, -0.2) is 4.79 Å². The highest BCUT2D eigenvalue weighted by Gasteiger charge is 2.32. The van der Waals surface area contributed by atoms with Crippen molar-refractivity contribution in [2.45, 2.75) is 33.2 Å². The molecule has 5 nitrogen and oxygen atoms in total. The Kier molecular flexibility index (Phi) is 6.59. The second-order valence-corrected chi connectivity index (χ2v) is 4.87. The van der Waals surface area contributed by atoms with E-state index < -0.39 is 18.1 Å². The van der Waals surface area contributed by atoms with E-state index in [1.807, 2.05) is 13.0 Å². The Morgan fingerprint density at radius 3 is 2.14 bits per heavy atom. The van der Waals surface area contributed by atoms with Gasteiger partial charge in [0.1, 0.15) is 17.5 Å². The highest BCUT2D eigenvalue weighted by molar-refractivity contribution is 6.01. The van der Waals surface area contributed by atoms with Crippen molar-refractivity contribution in [3.63, 3.8) is 0 Å². The number of carbonyl (C=O) groups excluding carboxylic acids is 3. The SMILES string of the molecule is CCCOC(=O)N[C@@H](c1ccccc1)C(C(C)=O)C(C)=O. The summed E-state index contributed by atoms with van der Waals surface area (Å²) in [5, 5.41) is 2.63. The van der Waals surface area contributed by atoms with Crippen LogP contribution in [0.15, 0.2) is 30.3 Å². The molecule has 0 saturated carbocycles. The molecule has 0 radical (unpaired) electrons.